The number of nitrogens with zero attached hydrogens (tertiary/aromatic N) is 6. The van der Waals surface area contributed by atoms with Crippen LogP contribution in [0.2, 0.25) is 5.02 Å². The van der Waals surface area contributed by atoms with Gasteiger partial charge in [0.2, 0.25) is 5.91 Å². The topological polar surface area (TPSA) is 119 Å². The van der Waals surface area contributed by atoms with Gasteiger partial charge in [-0.05, 0) is 45.3 Å². The molecule has 2 aromatic heterocycles. The van der Waals surface area contributed by atoms with Crippen LogP contribution in [0.3, 0.4) is 0 Å². The van der Waals surface area contributed by atoms with Crippen LogP contribution < -0.4 is 5.32 Å². The molecule has 11 nitrogen and oxygen atoms in total. The van der Waals surface area contributed by atoms with E-state index in [-0.39, 0.29) is 45.0 Å². The molecule has 3 amide bonds. The number of nitrogens with one attached hydrogen (secondary N) is 2. The van der Waals surface area contributed by atoms with Crippen molar-refractivity contribution in [3.05, 3.63) is 76.5 Å². The van der Waals surface area contributed by atoms with Gasteiger partial charge in [-0.1, -0.05) is 17.7 Å². The maximum absolute atomic E-state index is 15.2. The van der Waals surface area contributed by atoms with Gasteiger partial charge in [-0.2, -0.15) is 5.10 Å². The monoisotopic (exact) mass is 624 g/mol. The van der Waals surface area contributed by atoms with Gasteiger partial charge in [-0.3, -0.25) is 19.5 Å². The first-order valence-corrected chi connectivity index (χ1v) is 14.2. The number of likely N-dealkylation sites (N-methyl/N-ethyl adjacent to an activating group) is 1. The van der Waals surface area contributed by atoms with Crippen LogP contribution in [0.5, 0.6) is 0 Å². The summed E-state index contributed by atoms with van der Waals surface area (Å²) in [6, 6.07) is 7.40. The third kappa shape index (κ3) is 6.06. The molecule has 0 unspecified atom stereocenters. The summed E-state index contributed by atoms with van der Waals surface area (Å²) in [5.41, 5.74) is 1.76. The minimum absolute atomic E-state index is 0.00993. The van der Waals surface area contributed by atoms with Gasteiger partial charge in [0.15, 0.2) is 17.5 Å². The second-order valence-corrected chi connectivity index (χ2v) is 11.2. The van der Waals surface area contributed by atoms with E-state index in [0.717, 1.165) is 0 Å². The van der Waals surface area contributed by atoms with Gasteiger partial charge in [0.1, 0.15) is 0 Å². The van der Waals surface area contributed by atoms with Gasteiger partial charge in [0, 0.05) is 61.8 Å². The Balaban J connectivity index is 1.26. The van der Waals surface area contributed by atoms with Crippen LogP contribution in [0.25, 0.3) is 22.4 Å². The van der Waals surface area contributed by atoms with Crippen LogP contribution in [-0.4, -0.2) is 99.0 Å². The van der Waals surface area contributed by atoms with Crippen LogP contribution in [0, 0.1) is 18.6 Å². The molecule has 230 valence electrons. The maximum atomic E-state index is 15.2. The van der Waals surface area contributed by atoms with E-state index in [1.807, 2.05) is 14.1 Å². The molecular weight excluding hydrogens is 594 g/mol. The van der Waals surface area contributed by atoms with Crippen molar-refractivity contribution in [1.29, 1.82) is 0 Å². The molecule has 5 rings (SSSR count). The van der Waals surface area contributed by atoms with Crippen LogP contribution in [-0.2, 0) is 11.8 Å². The Morgan fingerprint density at radius 3 is 2.30 bits per heavy atom. The Bertz CT molecular complexity index is 1740. The number of hydrogen-bond donors (Lipinski definition) is 2. The molecule has 2 N–H and O–H groups in total. The zero-order valence-electron chi connectivity index (χ0n) is 24.6. The summed E-state index contributed by atoms with van der Waals surface area (Å²) >= 11 is 6.44. The second-order valence-electron chi connectivity index (χ2n) is 10.8. The number of carbonyl (C=O) groups excluding carboxylic acids is 3. The first kappa shape index (κ1) is 30.8. The summed E-state index contributed by atoms with van der Waals surface area (Å²) in [6.45, 7) is 3.61. The van der Waals surface area contributed by atoms with Crippen molar-refractivity contribution in [1.82, 2.24) is 34.4 Å². The molecule has 1 fully saturated rings. The van der Waals surface area contributed by atoms with Crippen molar-refractivity contribution in [2.45, 2.75) is 6.92 Å². The zero-order valence-corrected chi connectivity index (χ0v) is 25.4. The quantitative estimate of drug-likeness (QED) is 0.323. The fourth-order valence-electron chi connectivity index (χ4n) is 5.11. The third-order valence-electron chi connectivity index (χ3n) is 7.50. The Labute approximate surface area is 257 Å². The summed E-state index contributed by atoms with van der Waals surface area (Å²) in [4.78, 5) is 47.8. The van der Waals surface area contributed by atoms with Crippen molar-refractivity contribution >= 4 is 35.0 Å². The fourth-order valence-corrected chi connectivity index (χ4v) is 5.37. The number of imidazole rings is 1. The summed E-state index contributed by atoms with van der Waals surface area (Å²) in [7, 11) is 5.17. The number of benzene rings is 2. The smallest absolute Gasteiger partial charge is 0.291 e. The molecule has 0 spiro atoms. The molecule has 4 aromatic rings. The molecule has 0 aliphatic carbocycles. The average Bonchev–Trinajstić information content (AvgIpc) is 3.59. The molecule has 0 atom stereocenters. The molecule has 14 heteroatoms. The van der Waals surface area contributed by atoms with E-state index < -0.39 is 17.5 Å². The molecule has 0 radical (unpaired) electrons. The number of carbonyl (C=O) groups is 3. The van der Waals surface area contributed by atoms with Crippen LogP contribution >= 0.6 is 11.6 Å². The summed E-state index contributed by atoms with van der Waals surface area (Å²) in [5, 5.41) is 9.42. The van der Waals surface area contributed by atoms with Gasteiger partial charge in [0.05, 0.1) is 34.7 Å². The predicted octanol–water partition coefficient (Wildman–Crippen LogP) is 3.82. The highest BCUT2D eigenvalue weighted by atomic mass is 35.5. The Morgan fingerprint density at radius 1 is 1.00 bits per heavy atom. The molecule has 3 heterocycles. The number of halogens is 3. The number of rotatable bonds is 7. The van der Waals surface area contributed by atoms with Crippen molar-refractivity contribution < 1.29 is 23.2 Å². The number of anilines is 1. The van der Waals surface area contributed by atoms with Gasteiger partial charge < -0.3 is 24.6 Å². The lowest BCUT2D eigenvalue weighted by Crippen LogP contribution is -2.52. The van der Waals surface area contributed by atoms with E-state index >= 15 is 8.78 Å². The lowest BCUT2D eigenvalue weighted by Gasteiger charge is -2.35. The van der Waals surface area contributed by atoms with Crippen molar-refractivity contribution in [2.75, 3.05) is 52.1 Å². The Kier molecular flexibility index (Phi) is 8.79. The van der Waals surface area contributed by atoms with E-state index in [4.69, 9.17) is 11.6 Å². The first-order chi connectivity index (χ1) is 21.0. The molecule has 1 aliphatic heterocycles. The second kappa shape index (κ2) is 12.5. The van der Waals surface area contributed by atoms with Crippen LogP contribution in [0.15, 0.2) is 42.7 Å². The maximum Gasteiger partial charge on any atom is 0.291 e. The molecule has 0 bridgehead atoms. The largest absolute Gasteiger partial charge is 0.338 e. The van der Waals surface area contributed by atoms with Gasteiger partial charge in [-0.15, -0.1) is 0 Å². The van der Waals surface area contributed by atoms with Gasteiger partial charge in [0.25, 0.3) is 11.8 Å². The summed E-state index contributed by atoms with van der Waals surface area (Å²) in [6.07, 6.45) is 2.78. The Morgan fingerprint density at radius 2 is 1.66 bits per heavy atom. The molecule has 1 saturated heterocycles. The Hall–Kier alpha value is -4.62. The molecular formula is C30H31ClF2N8O3. The van der Waals surface area contributed by atoms with E-state index in [9.17, 15) is 14.4 Å². The highest BCUT2D eigenvalue weighted by Crippen LogP contribution is 2.32. The molecule has 44 heavy (non-hydrogen) atoms. The highest BCUT2D eigenvalue weighted by molar-refractivity contribution is 6.34. The van der Waals surface area contributed by atoms with E-state index in [0.29, 0.717) is 49.7 Å². The number of aromatic nitrogens is 4. The fraction of sp³-hybridized carbons (Fsp3) is 0.300. The number of piperazine rings is 1. The number of hydrogen-bond acceptors (Lipinski definition) is 6. The molecule has 1 aliphatic rings. The number of aromatic amines is 1. The van der Waals surface area contributed by atoms with Crippen LogP contribution in [0.4, 0.5) is 14.5 Å². The van der Waals surface area contributed by atoms with Crippen molar-refractivity contribution in [3.8, 4) is 22.4 Å². The SMILES string of the molecule is Cc1n[nH]cc1-c1ccc(-c2cnc(C(=O)Nc3ccc(C(=O)N4CCN(C(=O)CN(C)C)CC4)c(Cl)c3)n2C)c(F)c1F. The minimum atomic E-state index is -1.08. The van der Waals surface area contributed by atoms with Gasteiger partial charge in [-0.25, -0.2) is 13.8 Å². The molecule has 2 aromatic carbocycles. The number of H-pyrrole nitrogens is 1. The van der Waals surface area contributed by atoms with E-state index in [1.54, 1.807) is 27.7 Å². The predicted molar refractivity (Wildman–Crippen MR) is 161 cm³/mol. The minimum Gasteiger partial charge on any atom is -0.338 e. The lowest BCUT2D eigenvalue weighted by molar-refractivity contribution is -0.133. The zero-order chi connectivity index (χ0) is 31.7. The van der Waals surface area contributed by atoms with Crippen molar-refractivity contribution in [2.24, 2.45) is 7.05 Å². The summed E-state index contributed by atoms with van der Waals surface area (Å²) in [5.74, 6) is -3.04. The first-order valence-electron chi connectivity index (χ1n) is 13.8. The average molecular weight is 625 g/mol. The van der Waals surface area contributed by atoms with E-state index in [1.165, 1.54) is 48.3 Å². The standard InChI is InChI=1S/C30H31ClF2N8O3/c1-17-22(14-35-37-17)19-7-8-21(27(33)26(19)32)24-15-34-28(39(24)4)29(43)36-18-5-6-20(23(31)13-18)30(44)41-11-9-40(10-12-41)25(42)16-38(2)3/h5-8,13-15H,9-12,16H2,1-4H3,(H,35,37)(H,36,43). The van der Waals surface area contributed by atoms with Crippen LogP contribution in [0.1, 0.15) is 26.7 Å². The molecule has 0 saturated carbocycles. The highest BCUT2D eigenvalue weighted by Gasteiger charge is 2.27. The van der Waals surface area contributed by atoms with Gasteiger partial charge >= 0.3 is 0 Å². The van der Waals surface area contributed by atoms with E-state index in [2.05, 4.69) is 20.5 Å². The lowest BCUT2D eigenvalue weighted by atomic mass is 10.0. The number of aryl methyl sites for hydroxylation is 1. The summed E-state index contributed by atoms with van der Waals surface area (Å²) < 4.78 is 31.6. The normalized spacial score (nSPS) is 13.5. The number of amides is 3. The third-order valence-corrected chi connectivity index (χ3v) is 7.81. The van der Waals surface area contributed by atoms with Crippen molar-refractivity contribution in [3.63, 3.8) is 0 Å².